The standard InChI is InChI=1S/C54H46N2O4/c1-53(2,3)43-27-39-25-40(28-43)36-14-8-18-46(32-36)58-50-22-12-24-52(56-50)60-48-20-10-16-38(34-48)42-26-41(29-44(30-42)54(4,5)6)37-15-9-19-47(33-37)59-51-23-11-21-49(55-51)57-45-17-7-13-35(39)31-45/h7-34H,1-6H3. The zero-order valence-electron chi connectivity index (χ0n) is 34.7. The van der Waals surface area contributed by atoms with Gasteiger partial charge < -0.3 is 18.9 Å². The van der Waals surface area contributed by atoms with E-state index in [2.05, 4.69) is 126 Å². The van der Waals surface area contributed by atoms with Crippen LogP contribution in [0.15, 0.2) is 170 Å². The Morgan fingerprint density at radius 2 is 0.533 bits per heavy atom. The van der Waals surface area contributed by atoms with E-state index in [1.165, 1.54) is 11.1 Å². The van der Waals surface area contributed by atoms with Crippen LogP contribution in [0.1, 0.15) is 52.7 Å². The summed E-state index contributed by atoms with van der Waals surface area (Å²) in [7, 11) is 0. The Hall–Kier alpha value is -7.18. The smallest absolute Gasteiger partial charge is 0.222 e. The molecule has 3 heterocycles. The minimum absolute atomic E-state index is 0.0991. The van der Waals surface area contributed by atoms with Crippen LogP contribution in [-0.2, 0) is 10.8 Å². The number of pyridine rings is 2. The lowest BCUT2D eigenvalue weighted by molar-refractivity contribution is 0.426. The molecule has 0 spiro atoms. The molecule has 0 fully saturated rings. The van der Waals surface area contributed by atoms with Gasteiger partial charge in [-0.1, -0.05) is 126 Å². The molecular formula is C54H46N2O4. The average molecular weight is 787 g/mol. The van der Waals surface area contributed by atoms with Crippen LogP contribution in [-0.4, -0.2) is 9.97 Å². The highest BCUT2D eigenvalue weighted by atomic mass is 16.5. The van der Waals surface area contributed by atoms with E-state index in [0.29, 0.717) is 46.5 Å². The lowest BCUT2D eigenvalue weighted by atomic mass is 9.83. The fraction of sp³-hybridized carbons (Fsp3) is 0.148. The van der Waals surface area contributed by atoms with Gasteiger partial charge in [0.2, 0.25) is 23.5 Å². The molecule has 2 aromatic heterocycles. The fourth-order valence-corrected chi connectivity index (χ4v) is 7.25. The van der Waals surface area contributed by atoms with Crippen LogP contribution in [0.5, 0.6) is 46.5 Å². The Morgan fingerprint density at radius 1 is 0.283 bits per heavy atom. The van der Waals surface area contributed by atoms with Crippen molar-refractivity contribution in [3.05, 3.63) is 181 Å². The van der Waals surface area contributed by atoms with Gasteiger partial charge in [-0.25, -0.2) is 0 Å². The first-order valence-electron chi connectivity index (χ1n) is 20.3. The van der Waals surface area contributed by atoms with Gasteiger partial charge in [0.15, 0.2) is 0 Å². The summed E-state index contributed by atoms with van der Waals surface area (Å²) in [5.74, 6) is 4.42. The molecule has 1 aliphatic heterocycles. The Kier molecular flexibility index (Phi) is 9.93. The second-order valence-corrected chi connectivity index (χ2v) is 17.2. The summed E-state index contributed by atoms with van der Waals surface area (Å²) in [6.45, 7) is 13.4. The number of rotatable bonds is 0. The number of fused-ring (bicyclic) bond motifs is 20. The first-order chi connectivity index (χ1) is 28.9. The largest absolute Gasteiger partial charge is 0.439 e. The maximum atomic E-state index is 6.39. The van der Waals surface area contributed by atoms with Gasteiger partial charge in [0.1, 0.15) is 23.0 Å². The molecule has 9 rings (SSSR count). The lowest BCUT2D eigenvalue weighted by Crippen LogP contribution is -2.11. The average Bonchev–Trinajstić information content (AvgIpc) is 3.23. The predicted molar refractivity (Wildman–Crippen MR) is 241 cm³/mol. The van der Waals surface area contributed by atoms with Crippen molar-refractivity contribution in [2.24, 2.45) is 0 Å². The van der Waals surface area contributed by atoms with Gasteiger partial charge >= 0.3 is 0 Å². The van der Waals surface area contributed by atoms with Gasteiger partial charge in [0.25, 0.3) is 0 Å². The van der Waals surface area contributed by atoms with E-state index in [4.69, 9.17) is 28.9 Å². The molecule has 0 atom stereocenters. The summed E-state index contributed by atoms with van der Waals surface area (Å²) in [6.07, 6.45) is 0. The van der Waals surface area contributed by atoms with Gasteiger partial charge in [0, 0.05) is 24.3 Å². The van der Waals surface area contributed by atoms with E-state index < -0.39 is 0 Å². The van der Waals surface area contributed by atoms with Crippen LogP contribution in [0.2, 0.25) is 0 Å². The molecule has 8 aromatic rings. The molecule has 0 amide bonds. The topological polar surface area (TPSA) is 62.7 Å². The third-order valence-corrected chi connectivity index (χ3v) is 10.6. The Bertz CT molecular complexity index is 2510. The van der Waals surface area contributed by atoms with Crippen LogP contribution in [0, 0.1) is 0 Å². The maximum absolute atomic E-state index is 6.39. The summed E-state index contributed by atoms with van der Waals surface area (Å²) in [5, 5.41) is 0. The van der Waals surface area contributed by atoms with E-state index in [-0.39, 0.29) is 10.8 Å². The molecule has 0 N–H and O–H groups in total. The second kappa shape index (κ2) is 15.5. The summed E-state index contributed by atoms with van der Waals surface area (Å²) in [4.78, 5) is 9.50. The molecule has 16 bridgehead atoms. The van der Waals surface area contributed by atoms with Gasteiger partial charge in [-0.05, 0) is 127 Å². The maximum Gasteiger partial charge on any atom is 0.222 e. The van der Waals surface area contributed by atoms with E-state index in [1.54, 1.807) is 0 Å². The van der Waals surface area contributed by atoms with E-state index in [0.717, 1.165) is 44.5 Å². The minimum atomic E-state index is -0.0991. The third-order valence-electron chi connectivity index (χ3n) is 10.6. The number of hydrogen-bond acceptors (Lipinski definition) is 6. The van der Waals surface area contributed by atoms with E-state index in [1.807, 2.05) is 84.9 Å². The number of benzene rings is 6. The highest BCUT2D eigenvalue weighted by Gasteiger charge is 2.19. The number of nitrogens with zero attached hydrogens (tertiary/aromatic N) is 2. The van der Waals surface area contributed by atoms with Crippen LogP contribution >= 0.6 is 0 Å². The van der Waals surface area contributed by atoms with Crippen LogP contribution in [0.25, 0.3) is 44.5 Å². The molecule has 6 nitrogen and oxygen atoms in total. The second-order valence-electron chi connectivity index (χ2n) is 17.2. The normalized spacial score (nSPS) is 12.4. The SMILES string of the molecule is CC(C)(C)c1cc2cc(c1)-c1cccc(c1)Oc1cccc(n1)Oc1cccc(c1)-c1cc(cc(C(C)(C)C)c1)-c1cccc(c1)Oc1cccc(n1)Oc1cccc-2c1. The van der Waals surface area contributed by atoms with Crippen molar-refractivity contribution < 1.29 is 18.9 Å². The van der Waals surface area contributed by atoms with Crippen molar-refractivity contribution in [2.45, 2.75) is 52.4 Å². The molecule has 6 aromatic carbocycles. The third kappa shape index (κ3) is 8.64. The first kappa shape index (κ1) is 38.3. The molecule has 0 aliphatic carbocycles. The fourth-order valence-electron chi connectivity index (χ4n) is 7.25. The van der Waals surface area contributed by atoms with E-state index in [9.17, 15) is 0 Å². The van der Waals surface area contributed by atoms with Gasteiger partial charge in [0.05, 0.1) is 0 Å². The quantitative estimate of drug-likeness (QED) is 0.153. The molecule has 60 heavy (non-hydrogen) atoms. The van der Waals surface area contributed by atoms with Crippen LogP contribution in [0.4, 0.5) is 0 Å². The lowest BCUT2D eigenvalue weighted by Gasteiger charge is -2.22. The Morgan fingerprint density at radius 3 is 0.783 bits per heavy atom. The van der Waals surface area contributed by atoms with Crippen molar-refractivity contribution in [3.8, 4) is 91.0 Å². The number of ether oxygens (including phenoxy) is 4. The van der Waals surface area contributed by atoms with Crippen molar-refractivity contribution in [2.75, 3.05) is 0 Å². The van der Waals surface area contributed by atoms with Gasteiger partial charge in [-0.2, -0.15) is 9.97 Å². The zero-order chi connectivity index (χ0) is 41.4. The van der Waals surface area contributed by atoms with Gasteiger partial charge in [-0.3, -0.25) is 0 Å². The summed E-state index contributed by atoms with van der Waals surface area (Å²) >= 11 is 0. The molecule has 0 radical (unpaired) electrons. The van der Waals surface area contributed by atoms with Crippen molar-refractivity contribution in [3.63, 3.8) is 0 Å². The Labute approximate surface area is 352 Å². The van der Waals surface area contributed by atoms with Crippen LogP contribution in [0.3, 0.4) is 0 Å². The predicted octanol–water partition coefficient (Wildman–Crippen LogP) is 15.2. The molecule has 0 unspecified atom stereocenters. The van der Waals surface area contributed by atoms with Crippen molar-refractivity contribution in [1.82, 2.24) is 9.97 Å². The van der Waals surface area contributed by atoms with Crippen molar-refractivity contribution >= 4 is 0 Å². The molecule has 0 saturated heterocycles. The first-order valence-corrected chi connectivity index (χ1v) is 20.3. The van der Waals surface area contributed by atoms with Crippen molar-refractivity contribution in [1.29, 1.82) is 0 Å². The number of hydrogen-bond donors (Lipinski definition) is 0. The highest BCUT2D eigenvalue weighted by molar-refractivity contribution is 5.77. The number of aromatic nitrogens is 2. The summed E-state index contributed by atoms with van der Waals surface area (Å²) in [5.41, 5.74) is 10.6. The van der Waals surface area contributed by atoms with E-state index >= 15 is 0 Å². The summed E-state index contributed by atoms with van der Waals surface area (Å²) in [6, 6.07) is 57.0. The molecule has 0 saturated carbocycles. The minimum Gasteiger partial charge on any atom is -0.439 e. The monoisotopic (exact) mass is 786 g/mol. The Balaban J connectivity index is 1.16. The summed E-state index contributed by atoms with van der Waals surface area (Å²) < 4.78 is 25.5. The van der Waals surface area contributed by atoms with Crippen LogP contribution < -0.4 is 18.9 Å². The zero-order valence-corrected chi connectivity index (χ0v) is 34.7. The van der Waals surface area contributed by atoms with Gasteiger partial charge in [-0.15, -0.1) is 0 Å². The molecule has 6 heteroatoms. The highest BCUT2D eigenvalue weighted by Crippen LogP contribution is 2.39. The molecule has 296 valence electrons. The molecular weight excluding hydrogens is 741 g/mol. The molecule has 1 aliphatic rings.